The molecular weight excluding hydrogens is 270 g/mol. The average Bonchev–Trinajstić information content (AvgIpc) is 2.04. The molecule has 0 heterocycles. The summed E-state index contributed by atoms with van der Waals surface area (Å²) in [5, 5.41) is 20.4. The molecular formula is C7H4AgNO4. The summed E-state index contributed by atoms with van der Waals surface area (Å²) in [6, 6.07) is 4.70. The molecule has 0 aromatic heterocycles. The Kier molecular flexibility index (Phi) is 4.33. The number of hydrogen-bond donors (Lipinski definition) is 0. The van der Waals surface area contributed by atoms with Crippen LogP contribution in [0.15, 0.2) is 24.3 Å². The zero-order valence-corrected chi connectivity index (χ0v) is 7.67. The molecule has 0 unspecified atom stereocenters. The van der Waals surface area contributed by atoms with Gasteiger partial charge in [0.15, 0.2) is 0 Å². The van der Waals surface area contributed by atoms with Crippen LogP contribution in [0.4, 0.5) is 5.69 Å². The molecule has 0 saturated carbocycles. The smallest absolute Gasteiger partial charge is 0.545 e. The van der Waals surface area contributed by atoms with Gasteiger partial charge >= 0.3 is 22.4 Å². The van der Waals surface area contributed by atoms with Gasteiger partial charge in [-0.1, -0.05) is 12.1 Å². The van der Waals surface area contributed by atoms with Crippen molar-refractivity contribution in [3.63, 3.8) is 0 Å². The van der Waals surface area contributed by atoms with Gasteiger partial charge in [0.25, 0.3) is 5.69 Å². The SMILES string of the molecule is O=C([O-])c1cccc([N+](=O)[O-])c1.[Ag+]. The van der Waals surface area contributed by atoms with Gasteiger partial charge in [0.05, 0.1) is 10.9 Å². The molecule has 72 valence electrons. The number of aromatic carboxylic acids is 1. The van der Waals surface area contributed by atoms with Crippen molar-refractivity contribution in [2.75, 3.05) is 0 Å². The van der Waals surface area contributed by atoms with Gasteiger partial charge in [-0.25, -0.2) is 0 Å². The van der Waals surface area contributed by atoms with Gasteiger partial charge < -0.3 is 9.90 Å². The van der Waals surface area contributed by atoms with Crippen LogP contribution in [0.2, 0.25) is 0 Å². The normalized spacial score (nSPS) is 8.62. The number of hydrogen-bond acceptors (Lipinski definition) is 4. The van der Waals surface area contributed by atoms with E-state index in [1.54, 1.807) is 0 Å². The van der Waals surface area contributed by atoms with E-state index in [-0.39, 0.29) is 33.6 Å². The van der Waals surface area contributed by atoms with Gasteiger partial charge in [0, 0.05) is 17.7 Å². The Labute approximate surface area is 89.0 Å². The molecule has 0 N–H and O–H groups in total. The second kappa shape index (κ2) is 4.76. The van der Waals surface area contributed by atoms with Crippen LogP contribution < -0.4 is 5.11 Å². The predicted octanol–water partition coefficient (Wildman–Crippen LogP) is -0.0442. The maximum Gasteiger partial charge on any atom is 1.00 e. The quantitative estimate of drug-likeness (QED) is 0.430. The van der Waals surface area contributed by atoms with Gasteiger partial charge in [-0.2, -0.15) is 0 Å². The topological polar surface area (TPSA) is 83.3 Å². The molecule has 0 aliphatic rings. The number of carbonyl (C=O) groups excluding carboxylic acids is 1. The third-order valence-electron chi connectivity index (χ3n) is 1.29. The van der Waals surface area contributed by atoms with E-state index in [9.17, 15) is 20.0 Å². The molecule has 0 amide bonds. The number of nitro benzene ring substituents is 1. The van der Waals surface area contributed by atoms with E-state index in [2.05, 4.69) is 0 Å². The summed E-state index contributed by atoms with van der Waals surface area (Å²) >= 11 is 0. The Morgan fingerprint density at radius 3 is 2.46 bits per heavy atom. The van der Waals surface area contributed by atoms with Crippen LogP contribution in [0.3, 0.4) is 0 Å². The first kappa shape index (κ1) is 11.8. The maximum absolute atomic E-state index is 10.2. The fourth-order valence-corrected chi connectivity index (χ4v) is 0.746. The van der Waals surface area contributed by atoms with E-state index >= 15 is 0 Å². The number of non-ortho nitro benzene ring substituents is 1. The first-order valence-electron chi connectivity index (χ1n) is 3.07. The molecule has 5 nitrogen and oxygen atoms in total. The fraction of sp³-hybridized carbons (Fsp3) is 0. The Morgan fingerprint density at radius 1 is 1.38 bits per heavy atom. The molecule has 1 aromatic rings. The number of carboxylic acid groups (broad SMARTS) is 1. The fourth-order valence-electron chi connectivity index (χ4n) is 0.746. The van der Waals surface area contributed by atoms with Crippen molar-refractivity contribution < 1.29 is 37.2 Å². The van der Waals surface area contributed by atoms with Crippen molar-refractivity contribution in [3.05, 3.63) is 39.9 Å². The van der Waals surface area contributed by atoms with Gasteiger partial charge in [-0.3, -0.25) is 10.1 Å². The molecule has 0 saturated heterocycles. The van der Waals surface area contributed by atoms with E-state index in [0.717, 1.165) is 6.07 Å². The number of rotatable bonds is 2. The van der Waals surface area contributed by atoms with Crippen LogP contribution in [-0.2, 0) is 22.4 Å². The van der Waals surface area contributed by atoms with E-state index in [1.165, 1.54) is 18.2 Å². The summed E-state index contributed by atoms with van der Waals surface area (Å²) < 4.78 is 0. The van der Waals surface area contributed by atoms with Gasteiger partial charge in [-0.15, -0.1) is 0 Å². The molecule has 0 atom stereocenters. The van der Waals surface area contributed by atoms with Crippen LogP contribution >= 0.6 is 0 Å². The minimum absolute atomic E-state index is 0. The number of carbonyl (C=O) groups is 1. The summed E-state index contributed by atoms with van der Waals surface area (Å²) in [4.78, 5) is 19.7. The minimum Gasteiger partial charge on any atom is -0.545 e. The van der Waals surface area contributed by atoms with Crippen LogP contribution in [0.25, 0.3) is 0 Å². The van der Waals surface area contributed by atoms with Crippen LogP contribution in [0.5, 0.6) is 0 Å². The minimum atomic E-state index is -1.42. The molecule has 6 heteroatoms. The number of carboxylic acids is 1. The van der Waals surface area contributed by atoms with E-state index < -0.39 is 10.9 Å². The number of benzene rings is 1. The molecule has 1 rings (SSSR count). The monoisotopic (exact) mass is 273 g/mol. The number of nitro groups is 1. The first-order valence-corrected chi connectivity index (χ1v) is 3.07. The van der Waals surface area contributed by atoms with Crippen molar-refractivity contribution in [1.29, 1.82) is 0 Å². The Hall–Kier alpha value is -1.17. The first-order chi connectivity index (χ1) is 5.61. The molecule has 0 aliphatic carbocycles. The van der Waals surface area contributed by atoms with Crippen molar-refractivity contribution >= 4 is 11.7 Å². The van der Waals surface area contributed by atoms with Crippen molar-refractivity contribution in [2.24, 2.45) is 0 Å². The summed E-state index contributed by atoms with van der Waals surface area (Å²) in [5.41, 5.74) is -0.444. The Bertz CT molecular complexity index is 310. The Morgan fingerprint density at radius 2 is 2.00 bits per heavy atom. The predicted molar refractivity (Wildman–Crippen MR) is 37.4 cm³/mol. The van der Waals surface area contributed by atoms with Crippen molar-refractivity contribution in [2.45, 2.75) is 0 Å². The van der Waals surface area contributed by atoms with Crippen molar-refractivity contribution in [3.8, 4) is 0 Å². The number of nitrogens with zero attached hydrogens (tertiary/aromatic N) is 1. The molecule has 13 heavy (non-hydrogen) atoms. The molecule has 0 fully saturated rings. The van der Waals surface area contributed by atoms with Crippen LogP contribution in [0.1, 0.15) is 10.4 Å². The van der Waals surface area contributed by atoms with Gasteiger partial charge in [0.2, 0.25) is 0 Å². The maximum atomic E-state index is 10.2. The summed E-state index contributed by atoms with van der Waals surface area (Å²) in [6.07, 6.45) is 0. The zero-order chi connectivity index (χ0) is 9.14. The molecule has 0 aliphatic heterocycles. The summed E-state index contributed by atoms with van der Waals surface area (Å²) in [7, 11) is 0. The van der Waals surface area contributed by atoms with Gasteiger partial charge in [-0.05, 0) is 0 Å². The van der Waals surface area contributed by atoms with E-state index in [4.69, 9.17) is 0 Å². The summed E-state index contributed by atoms with van der Waals surface area (Å²) in [6.45, 7) is 0. The zero-order valence-electron chi connectivity index (χ0n) is 6.19. The van der Waals surface area contributed by atoms with E-state index in [1.807, 2.05) is 0 Å². The molecule has 1 aromatic carbocycles. The summed E-state index contributed by atoms with van der Waals surface area (Å²) in [5.74, 6) is -1.42. The largest absolute Gasteiger partial charge is 1.00 e. The third-order valence-corrected chi connectivity index (χ3v) is 1.29. The average molecular weight is 274 g/mol. The Balaban J connectivity index is 0.00000144. The van der Waals surface area contributed by atoms with Crippen LogP contribution in [0, 0.1) is 10.1 Å². The molecule has 0 spiro atoms. The standard InChI is InChI=1S/C7H5NO4.Ag/c9-7(10)5-2-1-3-6(4-5)8(11)12;/h1-4H,(H,9,10);/q;+1/p-1. The second-order valence-electron chi connectivity index (χ2n) is 2.09. The second-order valence-corrected chi connectivity index (χ2v) is 2.09. The van der Waals surface area contributed by atoms with E-state index in [0.29, 0.717) is 0 Å². The van der Waals surface area contributed by atoms with Crippen molar-refractivity contribution in [1.82, 2.24) is 0 Å². The molecule has 0 bridgehead atoms. The molecule has 0 radical (unpaired) electrons. The van der Waals surface area contributed by atoms with Gasteiger partial charge in [0.1, 0.15) is 0 Å². The van der Waals surface area contributed by atoms with Crippen LogP contribution in [-0.4, -0.2) is 10.9 Å². The third kappa shape index (κ3) is 2.98.